The molecule has 1 fully saturated rings. The van der Waals surface area contributed by atoms with Crippen molar-refractivity contribution in [1.82, 2.24) is 20.2 Å². The highest BCUT2D eigenvalue weighted by Crippen LogP contribution is 2.27. The number of hydrogen-bond donors (Lipinski definition) is 2. The number of methoxy groups -OCH3 is 1. The van der Waals surface area contributed by atoms with Crippen molar-refractivity contribution in [2.45, 2.75) is 32.4 Å². The number of thiophene rings is 2. The Kier molecular flexibility index (Phi) is 5.98. The van der Waals surface area contributed by atoms with Gasteiger partial charge in [0.1, 0.15) is 15.5 Å². The largest absolute Gasteiger partial charge is 0.465 e. The number of aromatic amines is 1. The van der Waals surface area contributed by atoms with Gasteiger partial charge in [-0.25, -0.2) is 9.78 Å². The van der Waals surface area contributed by atoms with E-state index in [1.54, 1.807) is 6.92 Å². The topological polar surface area (TPSA) is 104 Å². The number of amides is 1. The van der Waals surface area contributed by atoms with Crippen molar-refractivity contribution in [2.75, 3.05) is 20.2 Å². The molecule has 4 heterocycles. The molecule has 0 bridgehead atoms. The molecule has 0 spiro atoms. The van der Waals surface area contributed by atoms with Gasteiger partial charge in [-0.05, 0) is 36.8 Å². The van der Waals surface area contributed by atoms with E-state index in [9.17, 15) is 14.4 Å². The van der Waals surface area contributed by atoms with Gasteiger partial charge < -0.3 is 15.0 Å². The van der Waals surface area contributed by atoms with E-state index in [0.717, 1.165) is 30.8 Å². The number of piperidine rings is 1. The lowest BCUT2D eigenvalue weighted by Gasteiger charge is -2.31. The van der Waals surface area contributed by atoms with E-state index >= 15 is 0 Å². The molecule has 0 aromatic carbocycles. The van der Waals surface area contributed by atoms with Crippen LogP contribution in [0.25, 0.3) is 10.2 Å². The minimum Gasteiger partial charge on any atom is -0.465 e. The maximum atomic E-state index is 12.6. The van der Waals surface area contributed by atoms with E-state index in [1.165, 1.54) is 29.8 Å². The van der Waals surface area contributed by atoms with Crippen LogP contribution in [0.15, 0.2) is 22.3 Å². The minimum atomic E-state index is -0.455. The molecule has 8 nitrogen and oxygen atoms in total. The van der Waals surface area contributed by atoms with Gasteiger partial charge in [-0.2, -0.15) is 0 Å². The Morgan fingerprint density at radius 3 is 2.80 bits per heavy atom. The van der Waals surface area contributed by atoms with E-state index in [1.807, 2.05) is 17.5 Å². The fourth-order valence-electron chi connectivity index (χ4n) is 3.66. The molecule has 30 heavy (non-hydrogen) atoms. The third-order valence-corrected chi connectivity index (χ3v) is 7.30. The summed E-state index contributed by atoms with van der Waals surface area (Å²) in [6.07, 6.45) is 1.68. The molecule has 1 aliphatic rings. The molecular formula is C20H22N4O4S2. The number of H-pyrrole nitrogens is 1. The third-order valence-electron chi connectivity index (χ3n) is 5.26. The van der Waals surface area contributed by atoms with Crippen LogP contribution in [-0.2, 0) is 11.3 Å². The molecule has 1 amide bonds. The second kappa shape index (κ2) is 8.66. The molecule has 3 aromatic heterocycles. The first kappa shape index (κ1) is 20.7. The number of nitrogens with one attached hydrogen (secondary N) is 2. The van der Waals surface area contributed by atoms with Crippen molar-refractivity contribution >= 4 is 44.8 Å². The lowest BCUT2D eigenvalue weighted by atomic mass is 10.0. The Hall–Kier alpha value is -2.56. The number of hydrogen-bond acceptors (Lipinski definition) is 8. The van der Waals surface area contributed by atoms with Gasteiger partial charge in [-0.1, -0.05) is 6.07 Å². The maximum absolute atomic E-state index is 12.6. The molecule has 158 valence electrons. The molecule has 0 unspecified atom stereocenters. The first-order chi connectivity index (χ1) is 14.5. The second-order valence-corrected chi connectivity index (χ2v) is 9.19. The van der Waals surface area contributed by atoms with Crippen molar-refractivity contribution in [2.24, 2.45) is 0 Å². The number of aromatic nitrogens is 2. The van der Waals surface area contributed by atoms with Gasteiger partial charge in [0.25, 0.3) is 11.5 Å². The van der Waals surface area contributed by atoms with Crippen LogP contribution in [0, 0.1) is 6.92 Å². The Bertz CT molecular complexity index is 1130. The highest BCUT2D eigenvalue weighted by Gasteiger charge is 2.23. The molecule has 0 aliphatic carbocycles. The van der Waals surface area contributed by atoms with Gasteiger partial charge >= 0.3 is 5.97 Å². The SMILES string of the molecule is COC(=O)c1sc2nc(CN3CCC(NC(=O)c4cccs4)CC3)[nH]c(=O)c2c1C. The van der Waals surface area contributed by atoms with Crippen LogP contribution in [0.4, 0.5) is 0 Å². The summed E-state index contributed by atoms with van der Waals surface area (Å²) in [5, 5.41) is 5.43. The van der Waals surface area contributed by atoms with Crippen LogP contribution in [0.1, 0.15) is 43.6 Å². The summed E-state index contributed by atoms with van der Waals surface area (Å²) in [7, 11) is 1.32. The van der Waals surface area contributed by atoms with E-state index in [4.69, 9.17) is 4.74 Å². The van der Waals surface area contributed by atoms with Crippen molar-refractivity contribution in [3.8, 4) is 0 Å². The number of carbonyl (C=O) groups is 2. The Labute approximate surface area is 180 Å². The van der Waals surface area contributed by atoms with Crippen molar-refractivity contribution in [1.29, 1.82) is 0 Å². The first-order valence-corrected chi connectivity index (χ1v) is 11.3. The minimum absolute atomic E-state index is 0.0191. The van der Waals surface area contributed by atoms with Gasteiger partial charge in [0.15, 0.2) is 0 Å². The molecule has 10 heteroatoms. The molecule has 0 saturated carbocycles. The summed E-state index contributed by atoms with van der Waals surface area (Å²) in [6, 6.07) is 3.84. The van der Waals surface area contributed by atoms with Gasteiger partial charge in [0.05, 0.1) is 23.9 Å². The van der Waals surface area contributed by atoms with E-state index < -0.39 is 5.97 Å². The van der Waals surface area contributed by atoms with Crippen LogP contribution >= 0.6 is 22.7 Å². The van der Waals surface area contributed by atoms with Gasteiger partial charge in [-0.15, -0.1) is 22.7 Å². The Morgan fingerprint density at radius 2 is 2.13 bits per heavy atom. The normalized spacial score (nSPS) is 15.4. The fraction of sp³-hybridized carbons (Fsp3) is 0.400. The zero-order valence-corrected chi connectivity index (χ0v) is 18.3. The average Bonchev–Trinajstić information content (AvgIpc) is 3.37. The number of ether oxygens (including phenoxy) is 1. The van der Waals surface area contributed by atoms with Crippen LogP contribution in [-0.4, -0.2) is 53.0 Å². The smallest absolute Gasteiger partial charge is 0.348 e. The Balaban J connectivity index is 1.41. The van der Waals surface area contributed by atoms with Gasteiger partial charge in [0.2, 0.25) is 0 Å². The standard InChI is InChI=1S/C20H22N4O4S2/c1-11-15-18(26)22-14(23-19(15)30-16(11)20(27)28-2)10-24-7-5-12(6-8-24)21-17(25)13-4-3-9-29-13/h3-4,9,12H,5-8,10H2,1-2H3,(H,21,25)(H,22,23,26). The van der Waals surface area contributed by atoms with E-state index in [0.29, 0.717) is 33.0 Å². The zero-order chi connectivity index (χ0) is 21.3. The van der Waals surface area contributed by atoms with Crippen LogP contribution < -0.4 is 10.9 Å². The molecule has 0 atom stereocenters. The summed E-state index contributed by atoms with van der Waals surface area (Å²) < 4.78 is 4.79. The summed E-state index contributed by atoms with van der Waals surface area (Å²) in [5.74, 6) is 0.101. The number of fused-ring (bicyclic) bond motifs is 1. The Morgan fingerprint density at radius 1 is 1.37 bits per heavy atom. The van der Waals surface area contributed by atoms with Crippen LogP contribution in [0.2, 0.25) is 0 Å². The molecule has 2 N–H and O–H groups in total. The van der Waals surface area contributed by atoms with Crippen LogP contribution in [0.3, 0.4) is 0 Å². The molecule has 0 radical (unpaired) electrons. The number of nitrogens with zero attached hydrogens (tertiary/aromatic N) is 2. The van der Waals surface area contributed by atoms with Gasteiger partial charge in [-0.3, -0.25) is 14.5 Å². The van der Waals surface area contributed by atoms with Crippen molar-refractivity contribution < 1.29 is 14.3 Å². The van der Waals surface area contributed by atoms with Crippen LogP contribution in [0.5, 0.6) is 0 Å². The highest BCUT2D eigenvalue weighted by atomic mass is 32.1. The predicted molar refractivity (Wildman–Crippen MR) is 116 cm³/mol. The summed E-state index contributed by atoms with van der Waals surface area (Å²) >= 11 is 2.62. The molecular weight excluding hydrogens is 424 g/mol. The molecule has 3 aromatic rings. The quantitative estimate of drug-likeness (QED) is 0.584. The third kappa shape index (κ3) is 4.16. The predicted octanol–water partition coefficient (Wildman–Crippen LogP) is 2.54. The summed E-state index contributed by atoms with van der Waals surface area (Å²) in [6.45, 7) is 3.85. The summed E-state index contributed by atoms with van der Waals surface area (Å²) in [5.41, 5.74) is 0.362. The zero-order valence-electron chi connectivity index (χ0n) is 16.7. The van der Waals surface area contributed by atoms with Crippen molar-refractivity contribution in [3.63, 3.8) is 0 Å². The number of rotatable bonds is 5. The average molecular weight is 447 g/mol. The fourth-order valence-corrected chi connectivity index (χ4v) is 5.41. The number of carbonyl (C=O) groups excluding carboxylic acids is 2. The van der Waals surface area contributed by atoms with E-state index in [-0.39, 0.29) is 17.5 Å². The lowest BCUT2D eigenvalue weighted by Crippen LogP contribution is -2.44. The molecule has 1 saturated heterocycles. The lowest BCUT2D eigenvalue weighted by molar-refractivity contribution is 0.0605. The summed E-state index contributed by atoms with van der Waals surface area (Å²) in [4.78, 5) is 48.0. The molecule has 4 rings (SSSR count). The monoisotopic (exact) mass is 446 g/mol. The van der Waals surface area contributed by atoms with Crippen molar-refractivity contribution in [3.05, 3.63) is 49.0 Å². The molecule has 1 aliphatic heterocycles. The van der Waals surface area contributed by atoms with E-state index in [2.05, 4.69) is 20.2 Å². The second-order valence-electron chi connectivity index (χ2n) is 7.24. The highest BCUT2D eigenvalue weighted by molar-refractivity contribution is 7.20. The first-order valence-electron chi connectivity index (χ1n) is 9.63. The maximum Gasteiger partial charge on any atom is 0.348 e. The number of likely N-dealkylation sites (tertiary alicyclic amines) is 1. The number of aryl methyl sites for hydroxylation is 1. The number of esters is 1. The van der Waals surface area contributed by atoms with Gasteiger partial charge in [0, 0.05) is 19.1 Å².